The average molecular weight is 354 g/mol. The molecule has 0 spiro atoms. The van der Waals surface area contributed by atoms with E-state index in [0.717, 1.165) is 12.8 Å². The molecule has 132 valence electrons. The number of unbranched alkanes of at least 4 members (excludes halogenated alkanes) is 8. The second-order valence-electron chi connectivity index (χ2n) is 6.67. The Balaban J connectivity index is 0. The van der Waals surface area contributed by atoms with Gasteiger partial charge in [-0.1, -0.05) is 72.1 Å². The van der Waals surface area contributed by atoms with Gasteiger partial charge in [-0.2, -0.15) is 0 Å². The first kappa shape index (κ1) is 25.8. The van der Waals surface area contributed by atoms with E-state index >= 15 is 0 Å². The molecule has 0 aliphatic heterocycles. The van der Waals surface area contributed by atoms with Crippen LogP contribution in [0.4, 0.5) is 0 Å². The van der Waals surface area contributed by atoms with Crippen LogP contribution in [0.25, 0.3) is 0 Å². The Labute approximate surface area is 185 Å². The molecular formula is C18H36KNO3. The Morgan fingerprint density at radius 3 is 1.83 bits per heavy atom. The van der Waals surface area contributed by atoms with Crippen LogP contribution in [-0.2, 0) is 9.59 Å². The van der Waals surface area contributed by atoms with Crippen molar-refractivity contribution < 1.29 is 14.7 Å². The third kappa shape index (κ3) is 17.2. The molecule has 0 heterocycles. The molecule has 1 atom stereocenters. The van der Waals surface area contributed by atoms with E-state index in [1.54, 1.807) is 0 Å². The molecule has 0 saturated carbocycles. The predicted octanol–water partition coefficient (Wildman–Crippen LogP) is 3.87. The molecule has 0 saturated heterocycles. The van der Waals surface area contributed by atoms with E-state index in [4.69, 9.17) is 5.11 Å². The summed E-state index contributed by atoms with van der Waals surface area (Å²) in [6, 6.07) is -0.744. The molecule has 0 aromatic heterocycles. The van der Waals surface area contributed by atoms with Gasteiger partial charge >= 0.3 is 57.4 Å². The summed E-state index contributed by atoms with van der Waals surface area (Å²) in [5.41, 5.74) is 0. The summed E-state index contributed by atoms with van der Waals surface area (Å²) >= 11 is 0. The van der Waals surface area contributed by atoms with Gasteiger partial charge in [0, 0.05) is 6.42 Å². The van der Waals surface area contributed by atoms with Gasteiger partial charge in [-0.3, -0.25) is 4.79 Å². The van der Waals surface area contributed by atoms with Crippen LogP contribution in [0.1, 0.15) is 91.4 Å². The number of hydrogen-bond acceptors (Lipinski definition) is 2. The van der Waals surface area contributed by atoms with Crippen molar-refractivity contribution in [1.82, 2.24) is 5.32 Å². The first-order valence-corrected chi connectivity index (χ1v) is 8.99. The minimum absolute atomic E-state index is 0. The number of aliphatic carboxylic acids is 1. The van der Waals surface area contributed by atoms with Crippen LogP contribution < -0.4 is 5.32 Å². The van der Waals surface area contributed by atoms with Crippen LogP contribution in [-0.4, -0.2) is 74.4 Å². The van der Waals surface area contributed by atoms with Crippen LogP contribution in [0.5, 0.6) is 0 Å². The molecule has 0 bridgehead atoms. The zero-order valence-electron chi connectivity index (χ0n) is 14.7. The van der Waals surface area contributed by atoms with Gasteiger partial charge in [0.25, 0.3) is 0 Å². The van der Waals surface area contributed by atoms with Crippen LogP contribution in [0.15, 0.2) is 0 Å². The van der Waals surface area contributed by atoms with Crippen molar-refractivity contribution in [1.29, 1.82) is 0 Å². The SMILES string of the molecule is CCCCCCCCCCCC(=O)N[C@@H](CC(C)C)C(=O)O.[KH]. The van der Waals surface area contributed by atoms with Crippen LogP contribution in [0.2, 0.25) is 0 Å². The van der Waals surface area contributed by atoms with Crippen molar-refractivity contribution >= 4 is 63.3 Å². The third-order valence-corrected chi connectivity index (χ3v) is 3.85. The maximum absolute atomic E-state index is 11.8. The zero-order valence-corrected chi connectivity index (χ0v) is 14.7. The van der Waals surface area contributed by atoms with Gasteiger partial charge < -0.3 is 10.4 Å². The summed E-state index contributed by atoms with van der Waals surface area (Å²) in [6.45, 7) is 6.15. The summed E-state index contributed by atoms with van der Waals surface area (Å²) in [7, 11) is 0. The summed E-state index contributed by atoms with van der Waals surface area (Å²) in [5, 5.41) is 11.7. The number of nitrogens with one attached hydrogen (secondary N) is 1. The minimum atomic E-state index is -0.936. The van der Waals surface area contributed by atoms with Crippen LogP contribution >= 0.6 is 0 Å². The third-order valence-electron chi connectivity index (χ3n) is 3.85. The summed E-state index contributed by atoms with van der Waals surface area (Å²) in [5.74, 6) is -0.806. The van der Waals surface area contributed by atoms with Gasteiger partial charge in [-0.15, -0.1) is 0 Å². The fraction of sp³-hybridized carbons (Fsp3) is 0.889. The molecule has 0 radical (unpaired) electrons. The van der Waals surface area contributed by atoms with Crippen LogP contribution in [0.3, 0.4) is 0 Å². The first-order valence-electron chi connectivity index (χ1n) is 8.99. The topological polar surface area (TPSA) is 66.4 Å². The number of carboxylic acids is 1. The van der Waals surface area contributed by atoms with Gasteiger partial charge in [0.05, 0.1) is 0 Å². The first-order chi connectivity index (χ1) is 10.5. The molecule has 0 aromatic rings. The van der Waals surface area contributed by atoms with E-state index in [9.17, 15) is 9.59 Å². The van der Waals surface area contributed by atoms with Crippen LogP contribution in [0, 0.1) is 5.92 Å². The summed E-state index contributed by atoms with van der Waals surface area (Å²) < 4.78 is 0. The van der Waals surface area contributed by atoms with Gasteiger partial charge in [-0.05, 0) is 18.8 Å². The Hall–Kier alpha value is 0.576. The Bertz CT molecular complexity index is 309. The Kier molecular flexibility index (Phi) is 19.5. The molecular weight excluding hydrogens is 317 g/mol. The number of rotatable bonds is 14. The second-order valence-corrected chi connectivity index (χ2v) is 6.67. The van der Waals surface area contributed by atoms with Crippen molar-refractivity contribution in [2.75, 3.05) is 0 Å². The molecule has 5 heteroatoms. The quantitative estimate of drug-likeness (QED) is 0.368. The zero-order chi connectivity index (χ0) is 16.8. The number of carbonyl (C=O) groups is 2. The fourth-order valence-corrected chi connectivity index (χ4v) is 2.56. The monoisotopic (exact) mass is 353 g/mol. The van der Waals surface area contributed by atoms with E-state index in [1.807, 2.05) is 13.8 Å². The average Bonchev–Trinajstić information content (AvgIpc) is 2.44. The number of hydrogen-bond donors (Lipinski definition) is 2. The Morgan fingerprint density at radius 1 is 0.913 bits per heavy atom. The fourth-order valence-electron chi connectivity index (χ4n) is 2.56. The molecule has 0 fully saturated rings. The molecule has 0 unspecified atom stereocenters. The van der Waals surface area contributed by atoms with Gasteiger partial charge in [-0.25, -0.2) is 4.79 Å². The van der Waals surface area contributed by atoms with Crippen molar-refractivity contribution in [2.24, 2.45) is 5.92 Å². The predicted molar refractivity (Wildman–Crippen MR) is 98.0 cm³/mol. The van der Waals surface area contributed by atoms with Crippen molar-refractivity contribution in [3.05, 3.63) is 0 Å². The molecule has 1 amide bonds. The number of carbonyl (C=O) groups excluding carboxylic acids is 1. The van der Waals surface area contributed by atoms with Crippen molar-refractivity contribution in [3.8, 4) is 0 Å². The number of carboxylic acid groups (broad SMARTS) is 1. The van der Waals surface area contributed by atoms with Crippen molar-refractivity contribution in [3.63, 3.8) is 0 Å². The van der Waals surface area contributed by atoms with E-state index in [2.05, 4.69) is 12.2 Å². The summed E-state index contributed by atoms with van der Waals surface area (Å²) in [4.78, 5) is 22.9. The van der Waals surface area contributed by atoms with Gasteiger partial charge in [0.1, 0.15) is 6.04 Å². The second kappa shape index (κ2) is 17.4. The molecule has 4 nitrogen and oxygen atoms in total. The normalized spacial score (nSPS) is 11.8. The number of amides is 1. The summed E-state index contributed by atoms with van der Waals surface area (Å²) in [6.07, 6.45) is 11.8. The Morgan fingerprint density at radius 2 is 1.39 bits per heavy atom. The van der Waals surface area contributed by atoms with E-state index < -0.39 is 12.0 Å². The molecule has 0 aliphatic carbocycles. The standard InChI is InChI=1S/C18H35NO3.K.H/c1-4-5-6-7-8-9-10-11-12-13-17(20)19-16(18(21)22)14-15(2)3;;/h15-16H,4-14H2,1-3H3,(H,19,20)(H,21,22);;/t16-;;/m0../s1. The van der Waals surface area contributed by atoms with Gasteiger partial charge in [0.2, 0.25) is 5.91 Å². The van der Waals surface area contributed by atoms with E-state index in [0.29, 0.717) is 12.8 Å². The van der Waals surface area contributed by atoms with E-state index in [-0.39, 0.29) is 63.2 Å². The molecule has 2 N–H and O–H groups in total. The maximum atomic E-state index is 11.8. The molecule has 0 aliphatic rings. The molecule has 0 rings (SSSR count). The molecule has 23 heavy (non-hydrogen) atoms. The van der Waals surface area contributed by atoms with Crippen molar-refractivity contribution in [2.45, 2.75) is 97.4 Å². The van der Waals surface area contributed by atoms with Gasteiger partial charge in [0.15, 0.2) is 0 Å². The van der Waals surface area contributed by atoms with E-state index in [1.165, 1.54) is 44.9 Å². The molecule has 0 aromatic carbocycles.